The summed E-state index contributed by atoms with van der Waals surface area (Å²) in [5, 5.41) is 6.67. The Morgan fingerprint density at radius 1 is 1.31 bits per heavy atom. The Labute approximate surface area is 150 Å². The van der Waals surface area contributed by atoms with Crippen molar-refractivity contribution < 1.29 is 23.6 Å². The van der Waals surface area contributed by atoms with Gasteiger partial charge in [-0.05, 0) is 5.56 Å². The lowest BCUT2D eigenvalue weighted by molar-refractivity contribution is -0.166. The molecule has 0 saturated heterocycles. The summed E-state index contributed by atoms with van der Waals surface area (Å²) < 4.78 is 9.92. The molecule has 0 fully saturated rings. The molecule has 0 bridgehead atoms. The number of aromatic nitrogens is 1. The number of rotatable bonds is 6. The first-order chi connectivity index (χ1) is 12.5. The number of aryl methyl sites for hydroxylation is 1. The van der Waals surface area contributed by atoms with E-state index >= 15 is 0 Å². The predicted molar refractivity (Wildman–Crippen MR) is 91.6 cm³/mol. The van der Waals surface area contributed by atoms with Gasteiger partial charge in [-0.2, -0.15) is 0 Å². The number of amides is 1. The summed E-state index contributed by atoms with van der Waals surface area (Å²) in [6.45, 7) is 1.79. The van der Waals surface area contributed by atoms with Crippen LogP contribution >= 0.6 is 0 Å². The van der Waals surface area contributed by atoms with E-state index in [1.165, 1.54) is 13.4 Å². The lowest BCUT2D eigenvalue weighted by Crippen LogP contribution is -2.43. The molecular formula is C18H19N3O5. The van der Waals surface area contributed by atoms with Crippen molar-refractivity contribution in [3.05, 3.63) is 53.7 Å². The maximum absolute atomic E-state index is 12.3. The van der Waals surface area contributed by atoms with Gasteiger partial charge in [-0.3, -0.25) is 4.79 Å². The zero-order valence-corrected chi connectivity index (χ0v) is 14.5. The van der Waals surface area contributed by atoms with Crippen molar-refractivity contribution in [2.45, 2.75) is 25.4 Å². The topological polar surface area (TPSA) is 103 Å². The van der Waals surface area contributed by atoms with Crippen molar-refractivity contribution in [3.63, 3.8) is 0 Å². The van der Waals surface area contributed by atoms with E-state index in [-0.39, 0.29) is 24.6 Å². The Balaban J connectivity index is 1.64. The first kappa shape index (κ1) is 17.7. The Morgan fingerprint density at radius 2 is 2.08 bits per heavy atom. The molecule has 1 N–H and O–H groups in total. The van der Waals surface area contributed by atoms with Crippen molar-refractivity contribution in [1.82, 2.24) is 10.3 Å². The number of methoxy groups -OCH3 is 1. The molecule has 26 heavy (non-hydrogen) atoms. The number of ether oxygens (including phenoxy) is 1. The summed E-state index contributed by atoms with van der Waals surface area (Å²) in [6.07, 6.45) is 1.84. The van der Waals surface area contributed by atoms with E-state index in [1.807, 2.05) is 30.3 Å². The fourth-order valence-electron chi connectivity index (χ4n) is 2.77. The Kier molecular flexibility index (Phi) is 5.01. The SMILES string of the molecule is COC(=O)C1(Cc2ccccc2)CC(CNC(=O)c2coc(C)n2)=NO1. The van der Waals surface area contributed by atoms with Crippen LogP contribution in [0.2, 0.25) is 0 Å². The molecule has 0 saturated carbocycles. The number of benzene rings is 1. The molecular weight excluding hydrogens is 338 g/mol. The molecule has 8 nitrogen and oxygen atoms in total. The van der Waals surface area contributed by atoms with Gasteiger partial charge in [0.2, 0.25) is 5.60 Å². The minimum Gasteiger partial charge on any atom is -0.466 e. The highest BCUT2D eigenvalue weighted by atomic mass is 16.7. The van der Waals surface area contributed by atoms with Gasteiger partial charge in [-0.1, -0.05) is 35.5 Å². The number of carbonyl (C=O) groups excluding carboxylic acids is 2. The van der Waals surface area contributed by atoms with Gasteiger partial charge in [-0.15, -0.1) is 0 Å². The van der Waals surface area contributed by atoms with Crippen LogP contribution in [0, 0.1) is 6.92 Å². The summed E-state index contributed by atoms with van der Waals surface area (Å²) in [7, 11) is 1.31. The number of nitrogens with zero attached hydrogens (tertiary/aromatic N) is 2. The normalized spacial score (nSPS) is 18.8. The van der Waals surface area contributed by atoms with E-state index in [2.05, 4.69) is 15.5 Å². The third-order valence-electron chi connectivity index (χ3n) is 4.03. The van der Waals surface area contributed by atoms with Crippen LogP contribution in [0.1, 0.15) is 28.4 Å². The first-order valence-corrected chi connectivity index (χ1v) is 8.09. The second-order valence-electron chi connectivity index (χ2n) is 6.01. The maximum atomic E-state index is 12.3. The summed E-state index contributed by atoms with van der Waals surface area (Å²) in [4.78, 5) is 33.8. The highest BCUT2D eigenvalue weighted by Gasteiger charge is 2.47. The van der Waals surface area contributed by atoms with Crippen LogP contribution in [-0.4, -0.2) is 41.8 Å². The lowest BCUT2D eigenvalue weighted by Gasteiger charge is -2.23. The minimum absolute atomic E-state index is 0.137. The van der Waals surface area contributed by atoms with E-state index in [1.54, 1.807) is 6.92 Å². The number of oxazole rings is 1. The van der Waals surface area contributed by atoms with Gasteiger partial charge in [0.1, 0.15) is 6.26 Å². The Hall–Kier alpha value is -3.16. The van der Waals surface area contributed by atoms with Crippen molar-refractivity contribution in [2.24, 2.45) is 5.16 Å². The Bertz CT molecular complexity index is 830. The molecule has 1 aliphatic heterocycles. The van der Waals surface area contributed by atoms with Gasteiger partial charge in [0.05, 0.1) is 19.4 Å². The molecule has 2 heterocycles. The van der Waals surface area contributed by atoms with Crippen molar-refractivity contribution in [3.8, 4) is 0 Å². The van der Waals surface area contributed by atoms with Gasteiger partial charge < -0.3 is 19.3 Å². The van der Waals surface area contributed by atoms with Crippen LogP contribution in [0.5, 0.6) is 0 Å². The fourth-order valence-corrected chi connectivity index (χ4v) is 2.77. The van der Waals surface area contributed by atoms with Crippen molar-refractivity contribution in [1.29, 1.82) is 0 Å². The zero-order valence-electron chi connectivity index (χ0n) is 14.5. The molecule has 1 unspecified atom stereocenters. The van der Waals surface area contributed by atoms with Crippen LogP contribution in [0.25, 0.3) is 0 Å². The second-order valence-corrected chi connectivity index (χ2v) is 6.01. The number of hydrogen-bond acceptors (Lipinski definition) is 7. The fraction of sp³-hybridized carbons (Fsp3) is 0.333. The van der Waals surface area contributed by atoms with E-state index in [9.17, 15) is 9.59 Å². The molecule has 0 spiro atoms. The van der Waals surface area contributed by atoms with Gasteiger partial charge >= 0.3 is 5.97 Å². The summed E-state index contributed by atoms with van der Waals surface area (Å²) >= 11 is 0. The van der Waals surface area contributed by atoms with Crippen LogP contribution in [0.4, 0.5) is 0 Å². The number of esters is 1. The van der Waals surface area contributed by atoms with E-state index in [0.29, 0.717) is 18.0 Å². The van der Waals surface area contributed by atoms with Crippen LogP contribution in [0.15, 0.2) is 46.2 Å². The zero-order chi connectivity index (χ0) is 18.6. The Morgan fingerprint density at radius 3 is 2.73 bits per heavy atom. The van der Waals surface area contributed by atoms with Gasteiger partial charge in [-0.25, -0.2) is 9.78 Å². The smallest absolute Gasteiger partial charge is 0.353 e. The first-order valence-electron chi connectivity index (χ1n) is 8.09. The number of oxime groups is 1. The second kappa shape index (κ2) is 7.38. The third kappa shape index (κ3) is 3.74. The van der Waals surface area contributed by atoms with Crippen LogP contribution < -0.4 is 5.32 Å². The molecule has 8 heteroatoms. The third-order valence-corrected chi connectivity index (χ3v) is 4.03. The number of nitrogens with one attached hydrogen (secondary N) is 1. The lowest BCUT2D eigenvalue weighted by atomic mass is 9.89. The highest BCUT2D eigenvalue weighted by Crippen LogP contribution is 2.29. The predicted octanol–water partition coefficient (Wildman–Crippen LogP) is 1.64. The van der Waals surface area contributed by atoms with E-state index in [0.717, 1.165) is 5.56 Å². The van der Waals surface area contributed by atoms with Gasteiger partial charge in [0.15, 0.2) is 11.6 Å². The molecule has 1 aliphatic rings. The van der Waals surface area contributed by atoms with E-state index < -0.39 is 11.6 Å². The molecule has 3 rings (SSSR count). The minimum atomic E-state index is -1.22. The molecule has 1 atom stereocenters. The molecule has 1 aromatic heterocycles. The maximum Gasteiger partial charge on any atom is 0.353 e. The summed E-state index contributed by atoms with van der Waals surface area (Å²) in [5.74, 6) is -0.481. The van der Waals surface area contributed by atoms with Crippen LogP contribution in [0.3, 0.4) is 0 Å². The quantitative estimate of drug-likeness (QED) is 0.789. The van der Waals surface area contributed by atoms with Crippen molar-refractivity contribution in [2.75, 3.05) is 13.7 Å². The molecule has 0 aliphatic carbocycles. The standard InChI is InChI=1S/C18H19N3O5/c1-12-20-15(11-25-12)16(22)19-10-14-9-18(26-21-14,17(23)24-2)8-13-6-4-3-5-7-13/h3-7,11H,8-10H2,1-2H3,(H,19,22). The average molecular weight is 357 g/mol. The number of carbonyl (C=O) groups is 2. The summed E-state index contributed by atoms with van der Waals surface area (Å²) in [6, 6.07) is 9.47. The van der Waals surface area contributed by atoms with Crippen molar-refractivity contribution >= 4 is 17.6 Å². The van der Waals surface area contributed by atoms with Gasteiger partial charge in [0.25, 0.3) is 5.91 Å². The molecule has 1 aromatic carbocycles. The molecule has 2 aromatic rings. The highest BCUT2D eigenvalue weighted by molar-refractivity contribution is 5.99. The molecule has 136 valence electrons. The number of hydrogen-bond donors (Lipinski definition) is 1. The average Bonchev–Trinajstić information content (AvgIpc) is 3.27. The van der Waals surface area contributed by atoms with Gasteiger partial charge in [0, 0.05) is 19.8 Å². The van der Waals surface area contributed by atoms with E-state index in [4.69, 9.17) is 14.0 Å². The monoisotopic (exact) mass is 357 g/mol. The molecule has 1 amide bonds. The summed E-state index contributed by atoms with van der Waals surface area (Å²) in [5.41, 5.74) is 0.433. The molecule has 0 radical (unpaired) electrons. The van der Waals surface area contributed by atoms with Crippen LogP contribution in [-0.2, 0) is 20.8 Å². The largest absolute Gasteiger partial charge is 0.466 e.